The van der Waals surface area contributed by atoms with Crippen LogP contribution in [0.3, 0.4) is 0 Å². The van der Waals surface area contributed by atoms with Crippen molar-refractivity contribution in [1.82, 2.24) is 20.2 Å². The molecule has 1 saturated heterocycles. The summed E-state index contributed by atoms with van der Waals surface area (Å²) in [6.07, 6.45) is -0.749. The van der Waals surface area contributed by atoms with Gasteiger partial charge in [-0.1, -0.05) is 40.5 Å². The Morgan fingerprint density at radius 3 is 2.48 bits per heavy atom. The number of aliphatic carboxylic acids is 1. The molecule has 2 aliphatic rings. The van der Waals surface area contributed by atoms with Crippen LogP contribution in [-0.2, 0) is 14.3 Å². The lowest BCUT2D eigenvalue weighted by atomic mass is 9.85. The number of nitrogens with zero attached hydrogens (tertiary/aromatic N) is 3. The van der Waals surface area contributed by atoms with Crippen molar-refractivity contribution in [3.63, 3.8) is 0 Å². The Labute approximate surface area is 245 Å². The van der Waals surface area contributed by atoms with Crippen LogP contribution in [0.2, 0.25) is 0 Å². The number of cyclic esters (lactones) is 1. The second-order valence-electron chi connectivity index (χ2n) is 12.3. The smallest absolute Gasteiger partial charge is 0.408 e. The molecule has 1 aromatic heterocycles. The van der Waals surface area contributed by atoms with E-state index in [1.165, 1.54) is 12.0 Å². The van der Waals surface area contributed by atoms with Gasteiger partial charge in [0, 0.05) is 12.0 Å². The van der Waals surface area contributed by atoms with E-state index in [0.717, 1.165) is 0 Å². The lowest BCUT2D eigenvalue weighted by molar-refractivity contribution is -0.151. The van der Waals surface area contributed by atoms with Crippen molar-refractivity contribution in [2.24, 2.45) is 11.3 Å². The Hall–Kier alpha value is -3.70. The van der Waals surface area contributed by atoms with Crippen molar-refractivity contribution in [2.75, 3.05) is 13.7 Å². The molecule has 2 bridgehead atoms. The number of methoxy groups -OCH3 is 1. The number of halogens is 1. The van der Waals surface area contributed by atoms with Crippen LogP contribution >= 0.6 is 0 Å². The summed E-state index contributed by atoms with van der Waals surface area (Å²) >= 11 is 0. The van der Waals surface area contributed by atoms with E-state index in [9.17, 15) is 19.5 Å². The fourth-order valence-electron chi connectivity index (χ4n) is 5.56. The van der Waals surface area contributed by atoms with Crippen LogP contribution in [0.15, 0.2) is 18.2 Å². The minimum atomic E-state index is -1.48. The number of carbonyl (C=O) groups is 3. The van der Waals surface area contributed by atoms with Crippen molar-refractivity contribution < 1.29 is 38.1 Å². The summed E-state index contributed by atoms with van der Waals surface area (Å²) in [6, 6.07) is 2.76. The van der Waals surface area contributed by atoms with Crippen LogP contribution in [0.25, 0.3) is 11.0 Å². The number of carboxylic acid groups (broad SMARTS) is 1. The Morgan fingerprint density at radius 2 is 1.81 bits per heavy atom. The summed E-state index contributed by atoms with van der Waals surface area (Å²) in [4.78, 5) is 49.5. The van der Waals surface area contributed by atoms with Crippen LogP contribution < -0.4 is 14.8 Å². The molecule has 0 aliphatic carbocycles. The van der Waals surface area contributed by atoms with Gasteiger partial charge in [-0.15, -0.1) is 0 Å². The summed E-state index contributed by atoms with van der Waals surface area (Å²) < 4.78 is 32.8. The molecular weight excluding hydrogens is 547 g/mol. The number of rotatable bonds is 2. The van der Waals surface area contributed by atoms with Crippen molar-refractivity contribution in [3.05, 3.63) is 23.9 Å². The number of carboxylic acids is 1. The highest BCUT2D eigenvalue weighted by molar-refractivity contribution is 5.90. The molecule has 0 saturated carbocycles. The van der Waals surface area contributed by atoms with Gasteiger partial charge in [0.15, 0.2) is 0 Å². The molecule has 0 radical (unpaired) electrons. The summed E-state index contributed by atoms with van der Waals surface area (Å²) in [5.74, 6) is -1.97. The van der Waals surface area contributed by atoms with Gasteiger partial charge in [-0.2, -0.15) is 0 Å². The molecule has 4 rings (SSSR count). The molecule has 1 unspecified atom stereocenters. The van der Waals surface area contributed by atoms with Gasteiger partial charge < -0.3 is 29.5 Å². The first kappa shape index (κ1) is 31.2. The van der Waals surface area contributed by atoms with Gasteiger partial charge in [0.05, 0.1) is 24.7 Å². The summed E-state index contributed by atoms with van der Waals surface area (Å²) in [5, 5.41) is 12.8. The highest BCUT2D eigenvalue weighted by Crippen LogP contribution is 2.36. The number of amides is 2. The van der Waals surface area contributed by atoms with E-state index in [-0.39, 0.29) is 24.5 Å². The number of carbonyl (C=O) groups excluding carboxylic acids is 2. The number of alkyl halides is 1. The number of hydrogen-bond acceptors (Lipinski definition) is 8. The van der Waals surface area contributed by atoms with E-state index in [0.29, 0.717) is 42.5 Å². The molecule has 11 nitrogen and oxygen atoms in total. The Bertz CT molecular complexity index is 1320. The number of benzene rings is 1. The van der Waals surface area contributed by atoms with Gasteiger partial charge in [0.2, 0.25) is 11.8 Å². The third kappa shape index (κ3) is 6.84. The number of nitrogens with one attached hydrogen (secondary N) is 1. The average molecular weight is 589 g/mol. The number of aromatic nitrogens is 2. The molecule has 0 spiro atoms. The van der Waals surface area contributed by atoms with Crippen LogP contribution in [-0.4, -0.2) is 75.9 Å². The Balaban J connectivity index is 1.77. The van der Waals surface area contributed by atoms with Crippen molar-refractivity contribution in [2.45, 2.75) is 97.2 Å². The first-order valence-corrected chi connectivity index (χ1v) is 14.5. The second-order valence-corrected chi connectivity index (χ2v) is 12.3. The highest BCUT2D eigenvalue weighted by Gasteiger charge is 2.50. The van der Waals surface area contributed by atoms with Gasteiger partial charge in [0.25, 0.3) is 0 Å². The molecule has 1 fully saturated rings. The van der Waals surface area contributed by atoms with E-state index in [1.54, 1.807) is 52.8 Å². The van der Waals surface area contributed by atoms with Gasteiger partial charge in [-0.05, 0) is 43.7 Å². The average Bonchev–Trinajstić information content (AvgIpc) is 3.25. The van der Waals surface area contributed by atoms with Crippen molar-refractivity contribution >= 4 is 29.0 Å². The minimum Gasteiger partial charge on any atom is -0.497 e. The first-order valence-electron chi connectivity index (χ1n) is 14.5. The van der Waals surface area contributed by atoms with E-state index in [4.69, 9.17) is 14.2 Å². The molecular formula is C30H41FN4O7. The van der Waals surface area contributed by atoms with E-state index < -0.39 is 59.8 Å². The van der Waals surface area contributed by atoms with Crippen LogP contribution in [0, 0.1) is 11.3 Å². The largest absolute Gasteiger partial charge is 0.497 e. The van der Waals surface area contributed by atoms with Crippen molar-refractivity contribution in [1.29, 1.82) is 0 Å². The summed E-state index contributed by atoms with van der Waals surface area (Å²) in [6.45, 7) is 8.66. The lowest BCUT2D eigenvalue weighted by Crippen LogP contribution is -2.57. The molecule has 2 N–H and O–H groups in total. The zero-order valence-electron chi connectivity index (χ0n) is 25.1. The fraction of sp³-hybridized carbons (Fsp3) is 0.633. The fourth-order valence-corrected chi connectivity index (χ4v) is 5.56. The first-order chi connectivity index (χ1) is 19.8. The molecule has 6 atom stereocenters. The van der Waals surface area contributed by atoms with Crippen molar-refractivity contribution in [3.8, 4) is 11.6 Å². The Morgan fingerprint density at radius 1 is 1.10 bits per heavy atom. The quantitative estimate of drug-likeness (QED) is 0.505. The number of alkyl carbamates (subject to hydrolysis) is 1. The van der Waals surface area contributed by atoms with Gasteiger partial charge in [-0.3, -0.25) is 4.79 Å². The maximum Gasteiger partial charge on any atom is 0.408 e. The van der Waals surface area contributed by atoms with Crippen LogP contribution in [0.5, 0.6) is 11.6 Å². The highest BCUT2D eigenvalue weighted by atomic mass is 19.1. The minimum absolute atomic E-state index is 0.0363. The molecule has 3 heterocycles. The summed E-state index contributed by atoms with van der Waals surface area (Å²) in [5.41, 5.74) is 0.176. The van der Waals surface area contributed by atoms with Gasteiger partial charge >= 0.3 is 12.1 Å². The van der Waals surface area contributed by atoms with Gasteiger partial charge in [-0.25, -0.2) is 23.9 Å². The molecule has 230 valence electrons. The monoisotopic (exact) mass is 588 g/mol. The predicted molar refractivity (Wildman–Crippen MR) is 152 cm³/mol. The molecule has 2 aliphatic heterocycles. The number of hydrogen-bond donors (Lipinski definition) is 2. The normalized spacial score (nSPS) is 28.1. The third-order valence-corrected chi connectivity index (χ3v) is 8.01. The number of fused-ring (bicyclic) bond motifs is 4. The van der Waals surface area contributed by atoms with Crippen LogP contribution in [0.1, 0.15) is 78.6 Å². The molecule has 1 aromatic carbocycles. The predicted octanol–water partition coefficient (Wildman–Crippen LogP) is 4.82. The maximum atomic E-state index is 15.8. The topological polar surface area (TPSA) is 140 Å². The molecule has 2 aromatic rings. The van der Waals surface area contributed by atoms with E-state index in [1.807, 2.05) is 0 Å². The SMILES string of the molecule is COc1ccc2nc3c(nc2c1)O[C@H]1CN(C(=O)[C@H](C(C)(C)C)NC(=O)O[C@@H](C)CCCCCC3F)[C@H](C(=O)O)[C@@H]1C. The third-order valence-electron chi connectivity index (χ3n) is 8.01. The van der Waals surface area contributed by atoms with E-state index in [2.05, 4.69) is 15.3 Å². The molecule has 12 heteroatoms. The lowest BCUT2D eigenvalue weighted by Gasteiger charge is -2.35. The zero-order chi connectivity index (χ0) is 30.8. The molecule has 2 amide bonds. The Kier molecular flexibility index (Phi) is 9.42. The zero-order valence-corrected chi connectivity index (χ0v) is 25.1. The van der Waals surface area contributed by atoms with Crippen LogP contribution in [0.4, 0.5) is 9.18 Å². The van der Waals surface area contributed by atoms with E-state index >= 15 is 4.39 Å². The maximum absolute atomic E-state index is 15.8. The number of ether oxygens (including phenoxy) is 3. The standard InChI is InChI=1S/C30H41FN4O7/c1-16-10-8-7-9-11-19(31)23-26(33-21-14-18(40-6)12-13-20(21)32-23)42-22-15-35(24(17(22)2)28(37)38)27(36)25(30(3,4)5)34-29(39)41-16/h12-14,16-17,19,22,24-25H,7-11,15H2,1-6H3,(H,34,39)(H,37,38)/t16-,17+,19?,22-,24-,25+/m0/s1. The molecule has 42 heavy (non-hydrogen) atoms. The second kappa shape index (κ2) is 12.7. The van der Waals surface area contributed by atoms with Gasteiger partial charge in [0.1, 0.15) is 41.9 Å². The summed E-state index contributed by atoms with van der Waals surface area (Å²) in [7, 11) is 1.52.